The molecule has 0 unspecified atom stereocenters. The Morgan fingerprint density at radius 3 is 2.38 bits per heavy atom. The van der Waals surface area contributed by atoms with Crippen LogP contribution >= 0.6 is 0 Å². The monoisotopic (exact) mass is 478 g/mol. The highest BCUT2D eigenvalue weighted by molar-refractivity contribution is 7.92. The topological polar surface area (TPSA) is 130 Å². The molecule has 1 aliphatic heterocycles. The van der Waals surface area contributed by atoms with Crippen molar-refractivity contribution < 1.29 is 22.7 Å². The number of nitriles is 1. The molecule has 0 fully saturated rings. The van der Waals surface area contributed by atoms with Crippen LogP contribution in [-0.4, -0.2) is 33.6 Å². The molecule has 3 aromatic carbocycles. The van der Waals surface area contributed by atoms with Crippen molar-refractivity contribution in [2.45, 2.75) is 17.9 Å². The molecule has 1 aliphatic rings. The molecule has 10 heteroatoms. The number of benzene rings is 3. The van der Waals surface area contributed by atoms with Crippen LogP contribution in [0.2, 0.25) is 0 Å². The van der Waals surface area contributed by atoms with E-state index in [-0.39, 0.29) is 10.8 Å². The van der Waals surface area contributed by atoms with Crippen molar-refractivity contribution in [2.75, 3.05) is 28.6 Å². The minimum absolute atomic E-state index is 0.0599. The van der Waals surface area contributed by atoms with Crippen molar-refractivity contribution in [3.8, 4) is 17.6 Å². The van der Waals surface area contributed by atoms with Crippen LogP contribution in [0.4, 0.5) is 17.1 Å². The summed E-state index contributed by atoms with van der Waals surface area (Å²) in [6.07, 6.45) is 0. The SMILES string of the molecule is C[C@H](Nc1ccc(NS(=O)(=O)c2ccc3c(c2)OCCO3)cc1)C(=O)Nc1cccc(C#N)c1. The average molecular weight is 479 g/mol. The van der Waals surface area contributed by atoms with Crippen LogP contribution < -0.4 is 24.8 Å². The smallest absolute Gasteiger partial charge is 0.262 e. The van der Waals surface area contributed by atoms with Crippen LogP contribution in [0.5, 0.6) is 11.5 Å². The summed E-state index contributed by atoms with van der Waals surface area (Å²) in [5.41, 5.74) is 1.98. The standard InChI is InChI=1S/C24H22N4O5S/c1-16(24(29)27-20-4-2-3-17(13-20)15-25)26-18-5-7-19(8-6-18)28-34(30,31)21-9-10-22-23(14-21)33-12-11-32-22/h2-10,13-14,16,26,28H,11-12H2,1H3,(H,27,29)/t16-/m0/s1. The molecule has 0 radical (unpaired) electrons. The molecule has 0 aromatic heterocycles. The molecule has 0 aliphatic carbocycles. The van der Waals surface area contributed by atoms with Crippen molar-refractivity contribution in [1.82, 2.24) is 0 Å². The van der Waals surface area contributed by atoms with Gasteiger partial charge in [-0.25, -0.2) is 8.42 Å². The maximum atomic E-state index is 12.8. The molecule has 3 N–H and O–H groups in total. The van der Waals surface area contributed by atoms with Gasteiger partial charge in [0.05, 0.1) is 16.5 Å². The number of fused-ring (bicyclic) bond motifs is 1. The largest absolute Gasteiger partial charge is 0.486 e. The fourth-order valence-electron chi connectivity index (χ4n) is 3.27. The second-order valence-corrected chi connectivity index (χ2v) is 9.22. The number of ether oxygens (including phenoxy) is 2. The van der Waals surface area contributed by atoms with Gasteiger partial charge in [0.15, 0.2) is 11.5 Å². The molecule has 34 heavy (non-hydrogen) atoms. The highest BCUT2D eigenvalue weighted by Gasteiger charge is 2.20. The minimum atomic E-state index is -3.83. The summed E-state index contributed by atoms with van der Waals surface area (Å²) in [5.74, 6) is 0.621. The summed E-state index contributed by atoms with van der Waals surface area (Å²) < 4.78 is 38.9. The summed E-state index contributed by atoms with van der Waals surface area (Å²) in [7, 11) is -3.83. The van der Waals surface area contributed by atoms with Gasteiger partial charge < -0.3 is 20.1 Å². The predicted octanol–water partition coefficient (Wildman–Crippen LogP) is 3.57. The molecule has 0 saturated carbocycles. The Kier molecular flexibility index (Phi) is 6.56. The first-order valence-electron chi connectivity index (χ1n) is 10.4. The van der Waals surface area contributed by atoms with Gasteiger partial charge in [0.25, 0.3) is 10.0 Å². The second kappa shape index (κ2) is 9.72. The number of carbonyl (C=O) groups excluding carboxylic acids is 1. The van der Waals surface area contributed by atoms with Gasteiger partial charge in [-0.2, -0.15) is 5.26 Å². The molecule has 4 rings (SSSR count). The Labute approximate surface area is 197 Å². The van der Waals surface area contributed by atoms with Crippen molar-refractivity contribution in [3.63, 3.8) is 0 Å². The van der Waals surface area contributed by atoms with Gasteiger partial charge in [0.1, 0.15) is 19.3 Å². The summed E-state index contributed by atoms with van der Waals surface area (Å²) in [6.45, 7) is 2.48. The highest BCUT2D eigenvalue weighted by atomic mass is 32.2. The maximum absolute atomic E-state index is 12.8. The normalized spacial score (nSPS) is 13.3. The van der Waals surface area contributed by atoms with Crippen molar-refractivity contribution in [3.05, 3.63) is 72.3 Å². The van der Waals surface area contributed by atoms with Crippen molar-refractivity contribution >= 4 is 33.0 Å². The second-order valence-electron chi connectivity index (χ2n) is 7.54. The number of anilines is 3. The first-order chi connectivity index (χ1) is 16.3. The number of nitrogens with zero attached hydrogens (tertiary/aromatic N) is 1. The zero-order chi connectivity index (χ0) is 24.1. The fourth-order valence-corrected chi connectivity index (χ4v) is 4.35. The van der Waals surface area contributed by atoms with E-state index >= 15 is 0 Å². The van der Waals surface area contributed by atoms with Crippen LogP contribution in [0.3, 0.4) is 0 Å². The van der Waals surface area contributed by atoms with E-state index < -0.39 is 16.1 Å². The Morgan fingerprint density at radius 2 is 1.65 bits per heavy atom. The van der Waals surface area contributed by atoms with Crippen LogP contribution in [0.25, 0.3) is 0 Å². The Hall–Kier alpha value is -4.23. The van der Waals surface area contributed by atoms with Gasteiger partial charge in [-0.15, -0.1) is 0 Å². The molecular formula is C24H22N4O5S. The molecule has 0 spiro atoms. The van der Waals surface area contributed by atoms with E-state index in [2.05, 4.69) is 15.4 Å². The average Bonchev–Trinajstić information content (AvgIpc) is 2.84. The summed E-state index contributed by atoms with van der Waals surface area (Å²) in [5, 5.41) is 14.8. The van der Waals surface area contributed by atoms with Crippen molar-refractivity contribution in [1.29, 1.82) is 5.26 Å². The Bertz CT molecular complexity index is 1350. The number of hydrogen-bond donors (Lipinski definition) is 3. The first kappa shape index (κ1) is 22.9. The van der Waals surface area contributed by atoms with E-state index in [1.807, 2.05) is 6.07 Å². The lowest BCUT2D eigenvalue weighted by Crippen LogP contribution is -2.31. The van der Waals surface area contributed by atoms with Gasteiger partial charge in [0.2, 0.25) is 5.91 Å². The fraction of sp³-hybridized carbons (Fsp3) is 0.167. The highest BCUT2D eigenvalue weighted by Crippen LogP contribution is 2.32. The van der Waals surface area contributed by atoms with E-state index in [1.165, 1.54) is 12.1 Å². The molecule has 1 amide bonds. The molecular weight excluding hydrogens is 456 g/mol. The lowest BCUT2D eigenvalue weighted by atomic mass is 10.2. The summed E-state index contributed by atoms with van der Waals surface area (Å²) >= 11 is 0. The van der Waals surface area contributed by atoms with Crippen LogP contribution in [0, 0.1) is 11.3 Å². The summed E-state index contributed by atoms with van der Waals surface area (Å²) in [4.78, 5) is 12.5. The quantitative estimate of drug-likeness (QED) is 0.473. The molecule has 3 aromatic rings. The first-order valence-corrected chi connectivity index (χ1v) is 11.9. The van der Waals surface area contributed by atoms with Crippen LogP contribution in [0.1, 0.15) is 12.5 Å². The number of hydrogen-bond acceptors (Lipinski definition) is 7. The third-order valence-electron chi connectivity index (χ3n) is 5.00. The molecule has 1 heterocycles. The van der Waals surface area contributed by atoms with Gasteiger partial charge >= 0.3 is 0 Å². The molecule has 174 valence electrons. The maximum Gasteiger partial charge on any atom is 0.262 e. The number of carbonyl (C=O) groups is 1. The van der Waals surface area contributed by atoms with Crippen LogP contribution in [0.15, 0.2) is 71.6 Å². The molecule has 0 bridgehead atoms. The Balaban J connectivity index is 1.38. The lowest BCUT2D eigenvalue weighted by Gasteiger charge is -2.19. The van der Waals surface area contributed by atoms with Crippen molar-refractivity contribution in [2.24, 2.45) is 0 Å². The molecule has 1 atom stereocenters. The van der Waals surface area contributed by atoms with Gasteiger partial charge in [-0.05, 0) is 61.5 Å². The van der Waals surface area contributed by atoms with E-state index in [0.29, 0.717) is 47.3 Å². The van der Waals surface area contributed by atoms with E-state index in [1.54, 1.807) is 61.5 Å². The zero-order valence-corrected chi connectivity index (χ0v) is 19.1. The van der Waals surface area contributed by atoms with E-state index in [9.17, 15) is 13.2 Å². The van der Waals surface area contributed by atoms with Gasteiger partial charge in [-0.1, -0.05) is 6.07 Å². The molecule has 0 saturated heterocycles. The third kappa shape index (κ3) is 5.39. The number of rotatable bonds is 7. The minimum Gasteiger partial charge on any atom is -0.486 e. The zero-order valence-electron chi connectivity index (χ0n) is 18.2. The number of nitrogens with one attached hydrogen (secondary N) is 3. The lowest BCUT2D eigenvalue weighted by molar-refractivity contribution is -0.116. The predicted molar refractivity (Wildman–Crippen MR) is 128 cm³/mol. The van der Waals surface area contributed by atoms with Gasteiger partial charge in [-0.3, -0.25) is 9.52 Å². The van der Waals surface area contributed by atoms with E-state index in [0.717, 1.165) is 0 Å². The summed E-state index contributed by atoms with van der Waals surface area (Å²) in [6, 6.07) is 19.1. The number of amides is 1. The van der Waals surface area contributed by atoms with E-state index in [4.69, 9.17) is 14.7 Å². The molecule has 9 nitrogen and oxygen atoms in total. The van der Waals surface area contributed by atoms with Crippen LogP contribution in [-0.2, 0) is 14.8 Å². The Morgan fingerprint density at radius 1 is 0.941 bits per heavy atom. The van der Waals surface area contributed by atoms with Gasteiger partial charge in [0, 0.05) is 23.1 Å². The third-order valence-corrected chi connectivity index (χ3v) is 6.38. The number of sulfonamides is 1.